The average molecular weight is 897 g/mol. The highest BCUT2D eigenvalue weighted by atomic mass is 31.2. The van der Waals surface area contributed by atoms with E-state index >= 15 is 0 Å². The van der Waals surface area contributed by atoms with Gasteiger partial charge < -0.3 is 26.2 Å². The van der Waals surface area contributed by atoms with Crippen LogP contribution in [0.5, 0.6) is 0 Å². The minimum absolute atomic E-state index is 0.0431. The molecule has 0 aromatic heterocycles. The summed E-state index contributed by atoms with van der Waals surface area (Å²) in [6.07, 6.45) is 55.3. The largest absolute Gasteiger partial charge is 0.472 e. The number of carbonyl (C=O) groups excluding carboxylic acids is 1. The first-order valence-electron chi connectivity index (χ1n) is 26.2. The van der Waals surface area contributed by atoms with Crippen molar-refractivity contribution in [3.05, 3.63) is 36.5 Å². The number of phosphoric ester groups is 1. The number of carbonyl (C=O) groups is 1. The van der Waals surface area contributed by atoms with Crippen molar-refractivity contribution < 1.29 is 33.5 Å². The lowest BCUT2D eigenvalue weighted by atomic mass is 10.0. The van der Waals surface area contributed by atoms with Gasteiger partial charge in [0.05, 0.1) is 37.9 Å². The molecule has 4 unspecified atom stereocenters. The quantitative estimate of drug-likeness (QED) is 0.0230. The number of rotatable bonds is 49. The molecule has 62 heavy (non-hydrogen) atoms. The topological polar surface area (TPSA) is 151 Å². The molecule has 0 aliphatic carbocycles. The van der Waals surface area contributed by atoms with Gasteiger partial charge in [0.15, 0.2) is 0 Å². The van der Waals surface area contributed by atoms with Gasteiger partial charge in [-0.05, 0) is 44.9 Å². The predicted octanol–water partition coefficient (Wildman–Crippen LogP) is 14.4. The van der Waals surface area contributed by atoms with Crippen LogP contribution in [0.2, 0.25) is 0 Å². The summed E-state index contributed by atoms with van der Waals surface area (Å²) in [4.78, 5) is 22.9. The molecule has 0 aliphatic heterocycles. The third-order valence-electron chi connectivity index (χ3n) is 11.8. The standard InChI is InChI=1S/C52H101N2O7P/c1-3-5-7-9-11-13-15-17-19-21-23-24-26-27-29-31-33-35-37-39-41-43-49(55)47-52(57)54-50(48-61-62(58,59)60-46-45-53)51(56)44-42-40-38-36-34-32-30-28-25-22-20-18-16-14-12-10-8-6-4-2/h25,28,34,36,42,44,49-51,55-56H,3-24,26-27,29-33,35,37-41,43,45-48,53H2,1-2H3,(H,54,57)(H,58,59)/b28-25+,36-34+,44-42+. The summed E-state index contributed by atoms with van der Waals surface area (Å²) in [7, 11) is -4.42. The third kappa shape index (κ3) is 45.3. The third-order valence-corrected chi connectivity index (χ3v) is 12.7. The molecule has 0 fully saturated rings. The van der Waals surface area contributed by atoms with E-state index in [2.05, 4.69) is 43.5 Å². The lowest BCUT2D eigenvalue weighted by molar-refractivity contribution is -0.124. The van der Waals surface area contributed by atoms with Gasteiger partial charge in [-0.2, -0.15) is 0 Å². The molecule has 1 amide bonds. The van der Waals surface area contributed by atoms with Crippen LogP contribution >= 0.6 is 7.82 Å². The van der Waals surface area contributed by atoms with Crippen molar-refractivity contribution in [2.45, 2.75) is 270 Å². The van der Waals surface area contributed by atoms with Crippen molar-refractivity contribution in [3.8, 4) is 0 Å². The SMILES string of the molecule is CCCCCCCCCCC/C=C/CC/C=C/CC/C=C/C(O)C(COP(=O)(O)OCCN)NC(=O)CC(O)CCCCCCCCCCCCCCCCCCCCCCC. The molecule has 0 rings (SSSR count). The summed E-state index contributed by atoms with van der Waals surface area (Å²) in [6, 6.07) is -1.00. The van der Waals surface area contributed by atoms with Crippen LogP contribution in [-0.4, -0.2) is 59.0 Å². The first-order valence-corrected chi connectivity index (χ1v) is 27.7. The molecular weight excluding hydrogens is 796 g/mol. The molecule has 366 valence electrons. The number of unbranched alkanes of at least 4 members (excludes halogenated alkanes) is 31. The van der Waals surface area contributed by atoms with Crippen molar-refractivity contribution in [2.75, 3.05) is 19.8 Å². The maximum Gasteiger partial charge on any atom is 0.472 e. The molecule has 0 saturated carbocycles. The first-order chi connectivity index (χ1) is 30.3. The molecule has 0 aliphatic rings. The Bertz CT molecular complexity index is 1090. The highest BCUT2D eigenvalue weighted by Crippen LogP contribution is 2.43. The van der Waals surface area contributed by atoms with E-state index in [1.165, 1.54) is 173 Å². The van der Waals surface area contributed by atoms with Crippen LogP contribution < -0.4 is 11.1 Å². The van der Waals surface area contributed by atoms with Gasteiger partial charge in [0.2, 0.25) is 5.91 Å². The molecule has 0 aromatic rings. The van der Waals surface area contributed by atoms with Crippen LogP contribution in [-0.2, 0) is 18.4 Å². The first kappa shape index (κ1) is 60.7. The molecule has 0 heterocycles. The smallest absolute Gasteiger partial charge is 0.393 e. The molecular formula is C52H101N2O7P. The highest BCUT2D eigenvalue weighted by molar-refractivity contribution is 7.47. The minimum atomic E-state index is -4.42. The van der Waals surface area contributed by atoms with Crippen LogP contribution in [0.4, 0.5) is 0 Å². The molecule has 6 N–H and O–H groups in total. The Morgan fingerprint density at radius 3 is 1.34 bits per heavy atom. The maximum absolute atomic E-state index is 12.9. The molecule has 0 radical (unpaired) electrons. The number of phosphoric acid groups is 1. The Kier molecular flexibility index (Phi) is 46.6. The molecule has 10 heteroatoms. The molecule has 9 nitrogen and oxygen atoms in total. The summed E-state index contributed by atoms with van der Waals surface area (Å²) in [5.41, 5.74) is 5.38. The van der Waals surface area contributed by atoms with E-state index in [0.29, 0.717) is 12.8 Å². The van der Waals surface area contributed by atoms with Gasteiger partial charge in [-0.15, -0.1) is 0 Å². The number of aliphatic hydroxyl groups excluding tert-OH is 2. The van der Waals surface area contributed by atoms with E-state index in [4.69, 9.17) is 14.8 Å². The monoisotopic (exact) mass is 897 g/mol. The van der Waals surface area contributed by atoms with Crippen LogP contribution in [0.3, 0.4) is 0 Å². The molecule has 4 atom stereocenters. The van der Waals surface area contributed by atoms with Gasteiger partial charge in [-0.25, -0.2) is 4.57 Å². The lowest BCUT2D eigenvalue weighted by Crippen LogP contribution is -2.46. The van der Waals surface area contributed by atoms with Gasteiger partial charge >= 0.3 is 7.82 Å². The number of allylic oxidation sites excluding steroid dienone is 5. The number of aliphatic hydroxyl groups is 2. The maximum atomic E-state index is 12.9. The molecule has 0 spiro atoms. The second-order valence-electron chi connectivity index (χ2n) is 17.9. The number of hydrogen-bond donors (Lipinski definition) is 5. The van der Waals surface area contributed by atoms with Crippen molar-refractivity contribution in [2.24, 2.45) is 5.73 Å². The zero-order valence-corrected chi connectivity index (χ0v) is 41.4. The number of nitrogens with two attached hydrogens (primary N) is 1. The van der Waals surface area contributed by atoms with E-state index in [0.717, 1.165) is 44.9 Å². The summed E-state index contributed by atoms with van der Waals surface area (Å²) < 4.78 is 22.2. The predicted molar refractivity (Wildman–Crippen MR) is 264 cm³/mol. The second kappa shape index (κ2) is 47.6. The summed E-state index contributed by atoms with van der Waals surface area (Å²) in [6.45, 7) is 3.98. The van der Waals surface area contributed by atoms with Crippen LogP contribution in [0.25, 0.3) is 0 Å². The fraction of sp³-hybridized carbons (Fsp3) is 0.865. The van der Waals surface area contributed by atoms with Crippen LogP contribution in [0.15, 0.2) is 36.5 Å². The van der Waals surface area contributed by atoms with Crippen LogP contribution in [0.1, 0.15) is 251 Å². The second-order valence-corrected chi connectivity index (χ2v) is 19.4. The minimum Gasteiger partial charge on any atom is -0.393 e. The van der Waals surface area contributed by atoms with Crippen molar-refractivity contribution in [1.29, 1.82) is 0 Å². The Balaban J connectivity index is 4.22. The number of nitrogens with one attached hydrogen (secondary N) is 1. The van der Waals surface area contributed by atoms with Crippen LogP contribution in [0, 0.1) is 0 Å². The van der Waals surface area contributed by atoms with Crippen molar-refractivity contribution in [1.82, 2.24) is 5.32 Å². The van der Waals surface area contributed by atoms with E-state index in [9.17, 15) is 24.5 Å². The van der Waals surface area contributed by atoms with Crippen molar-refractivity contribution >= 4 is 13.7 Å². The normalized spacial score (nSPS) is 14.6. The number of amides is 1. The summed E-state index contributed by atoms with van der Waals surface area (Å²) >= 11 is 0. The Hall–Kier alpha value is -1.32. The van der Waals surface area contributed by atoms with E-state index < -0.39 is 38.6 Å². The fourth-order valence-electron chi connectivity index (χ4n) is 7.80. The van der Waals surface area contributed by atoms with Gasteiger partial charge in [-0.1, -0.05) is 237 Å². The fourth-order valence-corrected chi connectivity index (χ4v) is 8.56. The Labute approximate surface area is 382 Å². The molecule has 0 saturated heterocycles. The van der Waals surface area contributed by atoms with E-state index in [1.807, 2.05) is 6.08 Å². The summed E-state index contributed by atoms with van der Waals surface area (Å²) in [5, 5.41) is 24.2. The highest BCUT2D eigenvalue weighted by Gasteiger charge is 2.27. The Morgan fingerprint density at radius 2 is 0.919 bits per heavy atom. The van der Waals surface area contributed by atoms with Gasteiger partial charge in [0, 0.05) is 6.54 Å². The zero-order valence-electron chi connectivity index (χ0n) is 40.5. The number of hydrogen-bond acceptors (Lipinski definition) is 7. The molecule has 0 bridgehead atoms. The average Bonchev–Trinajstić information content (AvgIpc) is 3.25. The van der Waals surface area contributed by atoms with Gasteiger partial charge in [0.25, 0.3) is 0 Å². The van der Waals surface area contributed by atoms with Gasteiger partial charge in [-0.3, -0.25) is 13.8 Å². The molecule has 0 aromatic carbocycles. The van der Waals surface area contributed by atoms with Gasteiger partial charge in [0.1, 0.15) is 0 Å². The zero-order chi connectivity index (χ0) is 45.5. The van der Waals surface area contributed by atoms with E-state index in [-0.39, 0.29) is 19.6 Å². The van der Waals surface area contributed by atoms with Crippen molar-refractivity contribution in [3.63, 3.8) is 0 Å². The van der Waals surface area contributed by atoms with E-state index in [1.54, 1.807) is 6.08 Å². The summed E-state index contributed by atoms with van der Waals surface area (Å²) in [5.74, 6) is -0.456. The lowest BCUT2D eigenvalue weighted by Gasteiger charge is -2.24. The Morgan fingerprint density at radius 1 is 0.548 bits per heavy atom.